The van der Waals surface area contributed by atoms with Gasteiger partial charge in [0.2, 0.25) is 5.95 Å². The van der Waals surface area contributed by atoms with Gasteiger partial charge in [0.1, 0.15) is 5.01 Å². The Morgan fingerprint density at radius 3 is 2.58 bits per heavy atom. The summed E-state index contributed by atoms with van der Waals surface area (Å²) in [6.45, 7) is 2.47. The largest absolute Gasteiger partial charge is 0.345 e. The summed E-state index contributed by atoms with van der Waals surface area (Å²) in [5.74, 6) is 0.236. The Balaban J connectivity index is 1.57. The molecule has 122 valence electrons. The highest BCUT2D eigenvalue weighted by atomic mass is 32.1. The lowest BCUT2D eigenvalue weighted by molar-refractivity contribution is 0.0950. The van der Waals surface area contributed by atoms with Crippen molar-refractivity contribution in [1.29, 1.82) is 0 Å². The minimum atomic E-state index is -0.213. The zero-order valence-corrected chi connectivity index (χ0v) is 14.0. The maximum atomic E-state index is 12.1. The van der Waals surface area contributed by atoms with Gasteiger partial charge in [-0.05, 0) is 18.6 Å². The SMILES string of the molecule is CCc1csc(CNC(=O)c2cnc(Nc3ccccc3)nc2)n1. The van der Waals surface area contributed by atoms with E-state index in [-0.39, 0.29) is 5.91 Å². The van der Waals surface area contributed by atoms with Gasteiger partial charge in [0.25, 0.3) is 5.91 Å². The molecule has 3 rings (SSSR count). The zero-order valence-electron chi connectivity index (χ0n) is 13.2. The lowest BCUT2D eigenvalue weighted by Gasteiger charge is -2.06. The first kappa shape index (κ1) is 16.1. The van der Waals surface area contributed by atoms with Gasteiger partial charge in [-0.2, -0.15) is 0 Å². The number of carbonyl (C=O) groups is 1. The van der Waals surface area contributed by atoms with Crippen LogP contribution in [0, 0.1) is 0 Å². The standard InChI is InChI=1S/C17H17N5OS/c1-2-13-11-24-15(21-13)10-18-16(23)12-8-19-17(20-9-12)22-14-6-4-3-5-7-14/h3-9,11H,2,10H2,1H3,(H,18,23)(H,19,20,22). The summed E-state index contributed by atoms with van der Waals surface area (Å²) in [4.78, 5) is 24.9. The summed E-state index contributed by atoms with van der Waals surface area (Å²) in [7, 11) is 0. The van der Waals surface area contributed by atoms with Gasteiger partial charge in [-0.25, -0.2) is 15.0 Å². The molecule has 0 aliphatic carbocycles. The van der Waals surface area contributed by atoms with Crippen LogP contribution >= 0.6 is 11.3 Å². The Morgan fingerprint density at radius 1 is 1.17 bits per heavy atom. The molecule has 1 aromatic carbocycles. The van der Waals surface area contributed by atoms with Crippen LogP contribution in [-0.2, 0) is 13.0 Å². The van der Waals surface area contributed by atoms with E-state index < -0.39 is 0 Å². The molecule has 0 spiro atoms. The van der Waals surface area contributed by atoms with Crippen LogP contribution in [0.25, 0.3) is 0 Å². The van der Waals surface area contributed by atoms with E-state index in [0.717, 1.165) is 22.8 Å². The van der Waals surface area contributed by atoms with Crippen LogP contribution < -0.4 is 10.6 Å². The molecule has 0 unspecified atom stereocenters. The summed E-state index contributed by atoms with van der Waals surface area (Å²) >= 11 is 1.55. The van der Waals surface area contributed by atoms with Crippen molar-refractivity contribution in [2.24, 2.45) is 0 Å². The molecule has 3 aromatic rings. The normalized spacial score (nSPS) is 10.4. The van der Waals surface area contributed by atoms with Crippen molar-refractivity contribution in [3.63, 3.8) is 0 Å². The average Bonchev–Trinajstić information content (AvgIpc) is 3.09. The lowest BCUT2D eigenvalue weighted by Crippen LogP contribution is -2.23. The molecule has 0 fully saturated rings. The third-order valence-electron chi connectivity index (χ3n) is 3.31. The fourth-order valence-electron chi connectivity index (χ4n) is 2.01. The Hall–Kier alpha value is -2.80. The van der Waals surface area contributed by atoms with Crippen LogP contribution in [-0.4, -0.2) is 20.9 Å². The summed E-state index contributed by atoms with van der Waals surface area (Å²) in [6.07, 6.45) is 3.91. The van der Waals surface area contributed by atoms with E-state index in [4.69, 9.17) is 0 Å². The highest BCUT2D eigenvalue weighted by molar-refractivity contribution is 7.09. The van der Waals surface area contributed by atoms with E-state index in [1.807, 2.05) is 35.7 Å². The molecule has 0 aliphatic rings. The lowest BCUT2D eigenvalue weighted by atomic mass is 10.3. The van der Waals surface area contributed by atoms with Gasteiger partial charge >= 0.3 is 0 Å². The molecule has 7 heteroatoms. The molecule has 0 atom stereocenters. The molecule has 0 bridgehead atoms. The van der Waals surface area contributed by atoms with Crippen molar-refractivity contribution in [1.82, 2.24) is 20.3 Å². The van der Waals surface area contributed by atoms with Gasteiger partial charge in [-0.3, -0.25) is 4.79 Å². The smallest absolute Gasteiger partial charge is 0.254 e. The Morgan fingerprint density at radius 2 is 1.92 bits per heavy atom. The van der Waals surface area contributed by atoms with E-state index in [2.05, 4.69) is 32.5 Å². The number of nitrogens with one attached hydrogen (secondary N) is 2. The highest BCUT2D eigenvalue weighted by Crippen LogP contribution is 2.12. The number of nitrogens with zero attached hydrogens (tertiary/aromatic N) is 3. The predicted octanol–water partition coefficient (Wildman–Crippen LogP) is 3.17. The monoisotopic (exact) mass is 339 g/mol. The Bertz CT molecular complexity index is 801. The number of hydrogen-bond donors (Lipinski definition) is 2. The van der Waals surface area contributed by atoms with E-state index in [1.165, 1.54) is 12.4 Å². The molecule has 24 heavy (non-hydrogen) atoms. The summed E-state index contributed by atoms with van der Waals surface area (Å²) in [6, 6.07) is 9.62. The van der Waals surface area contributed by atoms with E-state index in [9.17, 15) is 4.79 Å². The second-order valence-corrected chi connectivity index (χ2v) is 6.00. The fraction of sp³-hybridized carbons (Fsp3) is 0.176. The van der Waals surface area contributed by atoms with Crippen LogP contribution in [0.2, 0.25) is 0 Å². The average molecular weight is 339 g/mol. The van der Waals surface area contributed by atoms with Crippen LogP contribution in [0.5, 0.6) is 0 Å². The summed E-state index contributed by atoms with van der Waals surface area (Å²) in [5.41, 5.74) is 2.36. The topological polar surface area (TPSA) is 79.8 Å². The fourth-order valence-corrected chi connectivity index (χ4v) is 2.83. The van der Waals surface area contributed by atoms with Crippen LogP contribution in [0.3, 0.4) is 0 Å². The van der Waals surface area contributed by atoms with Crippen molar-refractivity contribution in [3.8, 4) is 0 Å². The number of thiazole rings is 1. The Labute approximate surface area is 144 Å². The molecule has 2 N–H and O–H groups in total. The van der Waals surface area contributed by atoms with Gasteiger partial charge in [-0.15, -0.1) is 11.3 Å². The zero-order chi connectivity index (χ0) is 16.8. The van der Waals surface area contributed by atoms with Crippen molar-refractivity contribution >= 4 is 28.9 Å². The van der Waals surface area contributed by atoms with Crippen molar-refractivity contribution in [2.45, 2.75) is 19.9 Å². The molecule has 0 aliphatic heterocycles. The number of carbonyl (C=O) groups excluding carboxylic acids is 1. The molecule has 6 nitrogen and oxygen atoms in total. The maximum Gasteiger partial charge on any atom is 0.254 e. The predicted molar refractivity (Wildman–Crippen MR) is 94.4 cm³/mol. The summed E-state index contributed by atoms with van der Waals surface area (Å²) in [5, 5.41) is 8.81. The van der Waals surface area contributed by atoms with Crippen LogP contribution in [0.1, 0.15) is 28.0 Å². The molecular weight excluding hydrogens is 322 g/mol. The second kappa shape index (κ2) is 7.65. The van der Waals surface area contributed by atoms with Crippen LogP contribution in [0.15, 0.2) is 48.1 Å². The number of rotatable bonds is 6. The number of hydrogen-bond acceptors (Lipinski definition) is 6. The molecule has 0 radical (unpaired) electrons. The van der Waals surface area contributed by atoms with Crippen molar-refractivity contribution in [3.05, 3.63) is 64.4 Å². The number of aryl methyl sites for hydroxylation is 1. The molecule has 2 heterocycles. The van der Waals surface area contributed by atoms with Gasteiger partial charge in [0.15, 0.2) is 0 Å². The van der Waals surface area contributed by atoms with E-state index in [0.29, 0.717) is 18.1 Å². The highest BCUT2D eigenvalue weighted by Gasteiger charge is 2.08. The maximum absolute atomic E-state index is 12.1. The molecule has 0 saturated heterocycles. The summed E-state index contributed by atoms with van der Waals surface area (Å²) < 4.78 is 0. The first-order valence-electron chi connectivity index (χ1n) is 7.60. The minimum Gasteiger partial charge on any atom is -0.345 e. The molecular formula is C17H17N5OS. The Kier molecular flexibility index (Phi) is 5.12. The third-order valence-corrected chi connectivity index (χ3v) is 4.20. The molecule has 2 aromatic heterocycles. The quantitative estimate of drug-likeness (QED) is 0.721. The van der Waals surface area contributed by atoms with Gasteiger partial charge in [0.05, 0.1) is 17.8 Å². The number of amides is 1. The number of benzene rings is 1. The van der Waals surface area contributed by atoms with Crippen molar-refractivity contribution in [2.75, 3.05) is 5.32 Å². The second-order valence-electron chi connectivity index (χ2n) is 5.06. The number of aromatic nitrogens is 3. The van der Waals surface area contributed by atoms with Gasteiger partial charge in [-0.1, -0.05) is 25.1 Å². The molecule has 0 saturated carbocycles. The van der Waals surface area contributed by atoms with Gasteiger partial charge in [0, 0.05) is 23.5 Å². The van der Waals surface area contributed by atoms with E-state index in [1.54, 1.807) is 11.3 Å². The first-order valence-corrected chi connectivity index (χ1v) is 8.48. The van der Waals surface area contributed by atoms with Crippen LogP contribution in [0.4, 0.5) is 11.6 Å². The van der Waals surface area contributed by atoms with Gasteiger partial charge < -0.3 is 10.6 Å². The molecule has 1 amide bonds. The number of anilines is 2. The number of para-hydroxylation sites is 1. The van der Waals surface area contributed by atoms with E-state index >= 15 is 0 Å². The van der Waals surface area contributed by atoms with Crippen molar-refractivity contribution < 1.29 is 4.79 Å². The first-order chi connectivity index (χ1) is 11.7. The third kappa shape index (κ3) is 4.14. The minimum absolute atomic E-state index is 0.213.